The van der Waals surface area contributed by atoms with Crippen LogP contribution in [0.3, 0.4) is 0 Å². The molecule has 4 aromatic rings. The van der Waals surface area contributed by atoms with Crippen LogP contribution in [-0.2, 0) is 17.1 Å². The molecule has 2 aromatic carbocycles. The van der Waals surface area contributed by atoms with Gasteiger partial charge in [-0.1, -0.05) is 50.2 Å². The zero-order valence-electron chi connectivity index (χ0n) is 19.9. The van der Waals surface area contributed by atoms with Crippen LogP contribution in [0.4, 0.5) is 0 Å². The van der Waals surface area contributed by atoms with Gasteiger partial charge in [0.25, 0.3) is 0 Å². The van der Waals surface area contributed by atoms with Gasteiger partial charge in [0.15, 0.2) is 11.6 Å². The van der Waals surface area contributed by atoms with Gasteiger partial charge in [-0.2, -0.15) is 10.2 Å². The Labute approximate surface area is 214 Å². The number of benzene rings is 2. The van der Waals surface area contributed by atoms with E-state index in [4.69, 9.17) is 0 Å². The Morgan fingerprint density at radius 1 is 0.686 bits per heavy atom. The zero-order chi connectivity index (χ0) is 24.8. The molecule has 0 saturated heterocycles. The molecule has 0 aliphatic rings. The van der Waals surface area contributed by atoms with Gasteiger partial charge in [-0.25, -0.2) is 9.36 Å². The van der Waals surface area contributed by atoms with Gasteiger partial charge in [0.05, 0.1) is 33.9 Å². The molecule has 0 amide bonds. The van der Waals surface area contributed by atoms with E-state index in [2.05, 4.69) is 10.2 Å². The van der Waals surface area contributed by atoms with Crippen LogP contribution in [0.2, 0.25) is 0 Å². The molecule has 0 N–H and O–H groups in total. The van der Waals surface area contributed by atoms with Crippen LogP contribution in [0.25, 0.3) is 11.4 Å². The van der Waals surface area contributed by atoms with Gasteiger partial charge in [0, 0.05) is 24.6 Å². The van der Waals surface area contributed by atoms with Crippen LogP contribution in [0.1, 0.15) is 58.8 Å². The minimum Gasteiger partial charge on any atom is -0.858 e. The Kier molecular flexibility index (Phi) is 9.57. The maximum atomic E-state index is 12.1. The summed E-state index contributed by atoms with van der Waals surface area (Å²) in [5, 5.41) is 32.4. The monoisotopic (exact) mass is 521 g/mol. The Bertz CT molecular complexity index is 1200. The number of ketones is 2. The second-order valence-corrected chi connectivity index (χ2v) is 7.58. The predicted octanol–water partition coefficient (Wildman–Crippen LogP) is 3.69. The zero-order valence-corrected chi connectivity index (χ0v) is 20.9. The minimum absolute atomic E-state index is 0. The molecule has 0 bridgehead atoms. The van der Waals surface area contributed by atoms with Crippen molar-refractivity contribution in [3.05, 3.63) is 83.2 Å². The van der Waals surface area contributed by atoms with E-state index in [0.717, 1.165) is 0 Å². The number of aryl methyl sites for hydroxylation is 2. The number of nitrogens with zero attached hydrogens (tertiary/aromatic N) is 4. The van der Waals surface area contributed by atoms with Crippen LogP contribution >= 0.6 is 0 Å². The maximum absolute atomic E-state index is 12.1. The molecule has 0 fully saturated rings. The molecule has 185 valence electrons. The average molecular weight is 522 g/mol. The number of hydrogen-bond acceptors (Lipinski definition) is 6. The third-order valence-electron chi connectivity index (χ3n) is 5.24. The van der Waals surface area contributed by atoms with Crippen molar-refractivity contribution in [2.45, 2.75) is 40.5 Å². The van der Waals surface area contributed by atoms with Crippen molar-refractivity contribution < 1.29 is 36.9 Å². The number of carbonyl (C=O) groups is 2. The Hall–Kier alpha value is -3.68. The molecule has 2 aromatic heterocycles. The summed E-state index contributed by atoms with van der Waals surface area (Å²) < 4.78 is 2.55. The van der Waals surface area contributed by atoms with E-state index < -0.39 is 0 Å². The number of para-hydroxylation sites is 2. The van der Waals surface area contributed by atoms with E-state index in [0.29, 0.717) is 35.6 Å². The van der Waals surface area contributed by atoms with E-state index in [-0.39, 0.29) is 51.5 Å². The molecule has 9 heteroatoms. The summed E-state index contributed by atoms with van der Waals surface area (Å²) in [6.45, 7) is 6.84. The molecule has 35 heavy (non-hydrogen) atoms. The Balaban J connectivity index is 0.000000240. The van der Waals surface area contributed by atoms with Gasteiger partial charge in [-0.3, -0.25) is 9.59 Å². The Morgan fingerprint density at radius 2 is 1.00 bits per heavy atom. The number of Topliss-reactive ketones (excluding diaryl/α,β-unsaturated/α-hetero) is 2. The normalized spacial score (nSPS) is 10.2. The fourth-order valence-electron chi connectivity index (χ4n) is 3.50. The van der Waals surface area contributed by atoms with Crippen LogP contribution in [-0.4, -0.2) is 31.1 Å². The van der Waals surface area contributed by atoms with Gasteiger partial charge >= 0.3 is 17.1 Å². The second-order valence-electron chi connectivity index (χ2n) is 7.58. The molecule has 0 spiro atoms. The van der Waals surface area contributed by atoms with E-state index in [1.165, 1.54) is 9.36 Å². The summed E-state index contributed by atoms with van der Waals surface area (Å²) in [5.41, 5.74) is 2.75. The minimum atomic E-state index is -0.333. The smallest absolute Gasteiger partial charge is 0.858 e. The second kappa shape index (κ2) is 12.1. The van der Waals surface area contributed by atoms with Crippen molar-refractivity contribution >= 4 is 11.6 Å². The van der Waals surface area contributed by atoms with Crippen molar-refractivity contribution in [2.75, 3.05) is 0 Å². The molecule has 1 radical (unpaired) electrons. The number of carbonyl (C=O) groups excluding carboxylic acids is 2. The fourth-order valence-corrected chi connectivity index (χ4v) is 3.50. The van der Waals surface area contributed by atoms with Gasteiger partial charge < -0.3 is 10.2 Å². The predicted molar refractivity (Wildman–Crippen MR) is 125 cm³/mol. The summed E-state index contributed by atoms with van der Waals surface area (Å²) in [6, 6.07) is 18.2. The summed E-state index contributed by atoms with van der Waals surface area (Å²) in [6.07, 6.45) is 0.632. The van der Waals surface area contributed by atoms with Gasteiger partial charge in [-0.05, 0) is 38.1 Å². The topological polar surface area (TPSA) is 116 Å². The van der Waals surface area contributed by atoms with E-state index in [9.17, 15) is 19.8 Å². The SMILES string of the molecule is CCC(=O)c1c(C)nn(-c2ccccc2)c1[O-].CCC(=O)c1c(C)nn(-c2ccccc2)c1[O-].[Cu+2]. The molecule has 4 rings (SSSR count). The molecule has 0 unspecified atom stereocenters. The van der Waals surface area contributed by atoms with Crippen molar-refractivity contribution in [1.29, 1.82) is 0 Å². The number of rotatable bonds is 6. The number of hydrogen-bond donors (Lipinski definition) is 0. The third-order valence-corrected chi connectivity index (χ3v) is 5.24. The van der Waals surface area contributed by atoms with Gasteiger partial charge in [-0.15, -0.1) is 0 Å². The molecule has 2 heterocycles. The summed E-state index contributed by atoms with van der Waals surface area (Å²) in [4.78, 5) is 23.3. The molecular formula is C26H26CuN4O4. The Morgan fingerprint density at radius 3 is 1.29 bits per heavy atom. The summed E-state index contributed by atoms with van der Waals surface area (Å²) >= 11 is 0. The van der Waals surface area contributed by atoms with E-state index >= 15 is 0 Å². The van der Waals surface area contributed by atoms with E-state index in [1.54, 1.807) is 52.0 Å². The summed E-state index contributed by atoms with van der Waals surface area (Å²) in [5.74, 6) is -0.981. The molecule has 0 atom stereocenters. The molecule has 0 aliphatic heterocycles. The third kappa shape index (κ3) is 5.88. The van der Waals surface area contributed by atoms with Crippen molar-refractivity contribution in [3.8, 4) is 23.1 Å². The first-order chi connectivity index (χ1) is 16.3. The quantitative estimate of drug-likeness (QED) is 0.282. The van der Waals surface area contributed by atoms with Crippen molar-refractivity contribution in [1.82, 2.24) is 19.6 Å². The largest absolute Gasteiger partial charge is 2.00 e. The molecule has 0 saturated carbocycles. The fraction of sp³-hybridized carbons (Fsp3) is 0.231. The van der Waals surface area contributed by atoms with Crippen LogP contribution in [0.5, 0.6) is 11.8 Å². The first-order valence-corrected chi connectivity index (χ1v) is 11.0. The molecule has 8 nitrogen and oxygen atoms in total. The van der Waals surface area contributed by atoms with E-state index in [1.807, 2.05) is 36.4 Å². The summed E-state index contributed by atoms with van der Waals surface area (Å²) in [7, 11) is 0. The van der Waals surface area contributed by atoms with Crippen LogP contribution in [0.15, 0.2) is 60.7 Å². The maximum Gasteiger partial charge on any atom is 2.00 e. The molecular weight excluding hydrogens is 496 g/mol. The first-order valence-electron chi connectivity index (χ1n) is 11.0. The number of aromatic nitrogens is 4. The van der Waals surface area contributed by atoms with Crippen LogP contribution in [0, 0.1) is 13.8 Å². The molecule has 0 aliphatic carbocycles. The van der Waals surface area contributed by atoms with Gasteiger partial charge in [0.2, 0.25) is 0 Å². The standard InChI is InChI=1S/2C13H14N2O2.Cu/c2*1-3-11(16)12-9(2)14-15(13(12)17)10-7-5-4-6-8-10;/h2*4-8,17H,3H2,1-2H3;/q;;+2/p-2. The first kappa shape index (κ1) is 27.6. The van der Waals surface area contributed by atoms with Crippen molar-refractivity contribution in [3.63, 3.8) is 0 Å². The van der Waals surface area contributed by atoms with Gasteiger partial charge in [0.1, 0.15) is 0 Å². The van der Waals surface area contributed by atoms with Crippen molar-refractivity contribution in [2.24, 2.45) is 0 Å². The van der Waals surface area contributed by atoms with Crippen LogP contribution < -0.4 is 10.2 Å². The average Bonchev–Trinajstić information content (AvgIpc) is 3.33.